The molecule has 0 fully saturated rings. The quantitative estimate of drug-likeness (QED) is 0.115. The number of rotatable bonds is 0. The Hall–Kier alpha value is 1.09. The van der Waals surface area contributed by atoms with Crippen LogP contribution in [0, 0.1) is 0 Å². The van der Waals surface area contributed by atoms with Crippen molar-refractivity contribution in [1.82, 2.24) is 0 Å². The van der Waals surface area contributed by atoms with Gasteiger partial charge in [-0.3, -0.25) is 27.3 Å². The van der Waals surface area contributed by atoms with E-state index in [9.17, 15) is 0 Å². The van der Waals surface area contributed by atoms with E-state index in [0.717, 1.165) is 0 Å². The molecule has 22 heteroatoms. The van der Waals surface area contributed by atoms with Gasteiger partial charge < -0.3 is 9.11 Å². The van der Waals surface area contributed by atoms with Gasteiger partial charge in [-0.25, -0.2) is 16.8 Å². The minimum Gasteiger partial charge on any atom is -0.726 e. The van der Waals surface area contributed by atoms with Gasteiger partial charge in [0.1, 0.15) is 0 Å². The van der Waals surface area contributed by atoms with E-state index in [4.69, 9.17) is 70.1 Å². The zero-order valence-corrected chi connectivity index (χ0v) is 16.1. The maximum atomic E-state index is 8.74. The van der Waals surface area contributed by atoms with Crippen LogP contribution >= 0.6 is 13.5 Å². The Balaban J connectivity index is -0.0000000376. The Morgan fingerprint density at radius 3 is 0.500 bits per heavy atom. The number of hydrogen-bond acceptors (Lipinski definition) is 10. The van der Waals surface area contributed by atoms with Gasteiger partial charge in [0.2, 0.25) is 20.8 Å². The van der Waals surface area contributed by atoms with Gasteiger partial charge in [-0.05, 0) is 0 Å². The Labute approximate surface area is 161 Å². The van der Waals surface area contributed by atoms with Crippen molar-refractivity contribution in [3.63, 3.8) is 0 Å². The molecule has 0 saturated carbocycles. The zero-order valence-electron chi connectivity index (χ0n) is 9.61. The van der Waals surface area contributed by atoms with Crippen LogP contribution in [0.3, 0.4) is 0 Å². The maximum Gasteiger partial charge on any atom is 2.00 e. The summed E-state index contributed by atoms with van der Waals surface area (Å²) in [4.78, 5) is 0. The molecule has 0 aromatic heterocycles. The van der Waals surface area contributed by atoms with Crippen molar-refractivity contribution in [1.29, 1.82) is 0 Å². The van der Waals surface area contributed by atoms with E-state index in [-0.39, 0.29) is 51.2 Å². The molecule has 0 rings (SSSR count). The van der Waals surface area contributed by atoms with Gasteiger partial charge in [-0.15, -0.1) is 0 Å². The fourth-order valence-corrected chi connectivity index (χ4v) is 0. The van der Waals surface area contributed by atoms with Gasteiger partial charge in [0.25, 0.3) is 0 Å². The molecular formula is H8CaO16S5. The minimum atomic E-state index is -4.92. The van der Waals surface area contributed by atoms with Crippen molar-refractivity contribution in [3.8, 4) is 0 Å². The monoisotopic (exact) mass is 464 g/mol. The van der Waals surface area contributed by atoms with E-state index in [2.05, 4.69) is 0 Å². The van der Waals surface area contributed by atoms with Crippen LogP contribution in [0.15, 0.2) is 0 Å². The summed E-state index contributed by atoms with van der Waals surface area (Å²) < 4.78 is 129. The predicted octanol–water partition coefficient (Wildman–Crippen LogP) is -3.56. The number of hydrogen-bond donors (Lipinski definition) is 6. The zero-order chi connectivity index (χ0) is 18.0. The van der Waals surface area contributed by atoms with E-state index >= 15 is 0 Å². The summed E-state index contributed by atoms with van der Waals surface area (Å²) in [6, 6.07) is 0. The standard InChI is InChI=1S/Ca.4H2O4S.H2S/c;4*1-5(2,3)4;/h;4*(H2,1,2,3,4);1H2/q+2;;;;;/p-2. The van der Waals surface area contributed by atoms with Crippen molar-refractivity contribution in [3.05, 3.63) is 0 Å². The van der Waals surface area contributed by atoms with Gasteiger partial charge in [0, 0.05) is 0 Å². The van der Waals surface area contributed by atoms with Crippen LogP contribution in [-0.2, 0) is 41.6 Å². The third kappa shape index (κ3) is 7170. The Kier molecular flexibility index (Phi) is 27.4. The van der Waals surface area contributed by atoms with E-state index in [1.807, 2.05) is 0 Å². The predicted molar refractivity (Wildman–Crippen MR) is 69.1 cm³/mol. The third-order valence-corrected chi connectivity index (χ3v) is 0. The molecular weight excluding hydrogens is 456 g/mol. The molecule has 0 aromatic rings. The molecule has 0 unspecified atom stereocenters. The molecule has 0 saturated heterocycles. The average Bonchev–Trinajstić information content (AvgIpc) is 1.62. The fraction of sp³-hybridized carbons (Fsp3) is 0. The molecule has 0 bridgehead atoms. The molecule has 0 heterocycles. The summed E-state index contributed by atoms with van der Waals surface area (Å²) in [6.45, 7) is 0. The van der Waals surface area contributed by atoms with Crippen molar-refractivity contribution >= 4 is 92.8 Å². The second kappa shape index (κ2) is 15.6. The molecule has 0 spiro atoms. The summed E-state index contributed by atoms with van der Waals surface area (Å²) in [5.74, 6) is 0. The third-order valence-electron chi connectivity index (χ3n) is 0. The topological polar surface area (TPSA) is 304 Å². The van der Waals surface area contributed by atoms with Crippen molar-refractivity contribution in [2.45, 2.75) is 0 Å². The SMILES string of the molecule is O=S(=O)(O)O.O=S(=O)(O)O.O=S(=O)([O-])O.O=S(=O)([O-])O.S.[Ca+2]. The van der Waals surface area contributed by atoms with E-state index in [0.29, 0.717) is 0 Å². The van der Waals surface area contributed by atoms with Crippen molar-refractivity contribution in [2.24, 2.45) is 0 Å². The summed E-state index contributed by atoms with van der Waals surface area (Å²) >= 11 is 0. The average molecular weight is 464 g/mol. The summed E-state index contributed by atoms with van der Waals surface area (Å²) in [7, 11) is -19.2. The molecule has 0 aliphatic heterocycles. The maximum absolute atomic E-state index is 8.74. The first-order valence-corrected chi connectivity index (χ1v) is 8.29. The van der Waals surface area contributed by atoms with Crippen LogP contribution in [0.1, 0.15) is 0 Å². The molecule has 0 amide bonds. The first-order chi connectivity index (χ1) is 8.00. The molecule has 136 valence electrons. The summed E-state index contributed by atoms with van der Waals surface area (Å²) in [6.07, 6.45) is 0. The Bertz CT molecular complexity index is 475. The molecule has 0 aromatic carbocycles. The van der Waals surface area contributed by atoms with Crippen LogP contribution in [0.2, 0.25) is 0 Å². The van der Waals surface area contributed by atoms with E-state index < -0.39 is 41.6 Å². The van der Waals surface area contributed by atoms with E-state index in [1.54, 1.807) is 0 Å². The smallest absolute Gasteiger partial charge is 0.726 e. The molecule has 0 aliphatic carbocycles. The minimum absolute atomic E-state index is 0. The van der Waals surface area contributed by atoms with Gasteiger partial charge in [0.05, 0.1) is 0 Å². The van der Waals surface area contributed by atoms with E-state index in [1.165, 1.54) is 0 Å². The van der Waals surface area contributed by atoms with Crippen molar-refractivity contribution < 1.29 is 70.1 Å². The van der Waals surface area contributed by atoms with Crippen LogP contribution in [0.5, 0.6) is 0 Å². The van der Waals surface area contributed by atoms with Crippen LogP contribution in [0.4, 0.5) is 0 Å². The van der Waals surface area contributed by atoms with Gasteiger partial charge in [0.15, 0.2) is 0 Å². The van der Waals surface area contributed by atoms with Gasteiger partial charge in [-0.1, -0.05) is 0 Å². The molecule has 0 aliphatic rings. The Morgan fingerprint density at radius 2 is 0.500 bits per heavy atom. The molecule has 16 nitrogen and oxygen atoms in total. The Morgan fingerprint density at radius 1 is 0.500 bits per heavy atom. The fourth-order valence-electron chi connectivity index (χ4n) is 0. The summed E-state index contributed by atoms with van der Waals surface area (Å²) in [5.41, 5.74) is 0. The first kappa shape index (κ1) is 38.6. The molecule has 6 N–H and O–H groups in total. The first-order valence-electron chi connectivity index (χ1n) is 2.76. The van der Waals surface area contributed by atoms with Gasteiger partial charge in [-0.2, -0.15) is 30.3 Å². The molecule has 0 radical (unpaired) electrons. The molecule has 0 atom stereocenters. The van der Waals surface area contributed by atoms with Crippen LogP contribution < -0.4 is 0 Å². The van der Waals surface area contributed by atoms with Crippen LogP contribution in [-0.4, -0.2) is 108 Å². The normalized spacial score (nSPS) is 10.5. The molecule has 22 heavy (non-hydrogen) atoms. The summed E-state index contributed by atoms with van der Waals surface area (Å²) in [5, 5.41) is 0. The van der Waals surface area contributed by atoms with Gasteiger partial charge >= 0.3 is 58.5 Å². The largest absolute Gasteiger partial charge is 2.00 e. The second-order valence-electron chi connectivity index (χ2n) is 1.75. The second-order valence-corrected chi connectivity index (χ2v) is 5.25. The van der Waals surface area contributed by atoms with Crippen molar-refractivity contribution in [2.75, 3.05) is 0 Å². The van der Waals surface area contributed by atoms with Crippen LogP contribution in [0.25, 0.3) is 0 Å².